The van der Waals surface area contributed by atoms with Gasteiger partial charge in [-0.25, -0.2) is 0 Å². The second kappa shape index (κ2) is 4.95. The van der Waals surface area contributed by atoms with E-state index in [0.29, 0.717) is 6.04 Å². The Morgan fingerprint density at radius 1 is 1.44 bits per heavy atom. The number of nitrogens with one attached hydrogen (secondary N) is 1. The summed E-state index contributed by atoms with van der Waals surface area (Å²) in [5.74, 6) is 0.834. The van der Waals surface area contributed by atoms with Crippen molar-refractivity contribution >= 4 is 11.3 Å². The molecule has 0 amide bonds. The van der Waals surface area contributed by atoms with Crippen LogP contribution in [0.25, 0.3) is 0 Å². The van der Waals surface area contributed by atoms with Crippen molar-refractivity contribution in [3.05, 3.63) is 22.4 Å². The van der Waals surface area contributed by atoms with Gasteiger partial charge in [-0.15, -0.1) is 11.3 Å². The number of hydrogen-bond donors (Lipinski definition) is 1. The fourth-order valence-corrected chi connectivity index (χ4v) is 4.58. The third-order valence-electron chi connectivity index (χ3n) is 4.44. The van der Waals surface area contributed by atoms with Gasteiger partial charge in [-0.05, 0) is 37.1 Å². The first kappa shape index (κ1) is 12.6. The van der Waals surface area contributed by atoms with Crippen LogP contribution in [-0.4, -0.2) is 18.2 Å². The summed E-state index contributed by atoms with van der Waals surface area (Å²) in [6, 6.07) is 4.72. The van der Waals surface area contributed by atoms with Gasteiger partial charge in [0.1, 0.15) is 6.10 Å². The van der Waals surface area contributed by atoms with Crippen LogP contribution in [0, 0.1) is 5.92 Å². The Bertz CT molecular complexity index is 391. The first-order valence-electron chi connectivity index (χ1n) is 7.11. The molecule has 2 heterocycles. The third-order valence-corrected chi connectivity index (χ3v) is 5.38. The summed E-state index contributed by atoms with van der Waals surface area (Å²) in [7, 11) is 0. The highest BCUT2D eigenvalue weighted by Crippen LogP contribution is 2.39. The second-order valence-electron chi connectivity index (χ2n) is 6.16. The van der Waals surface area contributed by atoms with E-state index in [1.165, 1.54) is 30.6 Å². The molecular formula is C15H23NOS. The van der Waals surface area contributed by atoms with Crippen LogP contribution >= 0.6 is 11.3 Å². The molecule has 100 valence electrons. The monoisotopic (exact) mass is 265 g/mol. The molecule has 2 fully saturated rings. The van der Waals surface area contributed by atoms with Gasteiger partial charge < -0.3 is 10.1 Å². The molecule has 4 unspecified atom stereocenters. The van der Waals surface area contributed by atoms with Gasteiger partial charge >= 0.3 is 0 Å². The maximum Gasteiger partial charge on any atom is 0.107 e. The van der Waals surface area contributed by atoms with Crippen molar-refractivity contribution in [1.82, 2.24) is 5.32 Å². The zero-order valence-electron chi connectivity index (χ0n) is 11.3. The summed E-state index contributed by atoms with van der Waals surface area (Å²) in [6.45, 7) is 5.52. The molecule has 1 aromatic heterocycles. The zero-order chi connectivity index (χ0) is 12.6. The highest BCUT2D eigenvalue weighted by molar-refractivity contribution is 7.10. The van der Waals surface area contributed by atoms with Gasteiger partial charge in [0, 0.05) is 16.5 Å². The molecule has 0 radical (unpaired) electrons. The van der Waals surface area contributed by atoms with Gasteiger partial charge in [-0.1, -0.05) is 25.8 Å². The lowest BCUT2D eigenvalue weighted by molar-refractivity contribution is -0.0752. The van der Waals surface area contributed by atoms with Crippen molar-refractivity contribution in [3.63, 3.8) is 0 Å². The molecule has 18 heavy (non-hydrogen) atoms. The van der Waals surface area contributed by atoms with E-state index in [9.17, 15) is 0 Å². The van der Waals surface area contributed by atoms with Crippen molar-refractivity contribution < 1.29 is 4.74 Å². The van der Waals surface area contributed by atoms with Crippen LogP contribution in [0.3, 0.4) is 0 Å². The number of morpholine rings is 1. The summed E-state index contributed by atoms with van der Waals surface area (Å²) in [6.07, 6.45) is 5.51. The fraction of sp³-hybridized carbons (Fsp3) is 0.733. The second-order valence-corrected chi connectivity index (χ2v) is 7.14. The van der Waals surface area contributed by atoms with Gasteiger partial charge in [0.05, 0.1) is 6.61 Å². The quantitative estimate of drug-likeness (QED) is 0.835. The molecule has 1 saturated heterocycles. The Kier molecular flexibility index (Phi) is 3.48. The van der Waals surface area contributed by atoms with E-state index < -0.39 is 0 Å². The summed E-state index contributed by atoms with van der Waals surface area (Å²) in [5, 5.41) is 6.02. The van der Waals surface area contributed by atoms with Gasteiger partial charge in [-0.3, -0.25) is 0 Å². The lowest BCUT2D eigenvalue weighted by Crippen LogP contribution is -2.60. The summed E-state index contributed by atoms with van der Waals surface area (Å²) in [4.78, 5) is 1.36. The predicted octanol–water partition coefficient (Wildman–Crippen LogP) is 3.75. The van der Waals surface area contributed by atoms with Crippen molar-refractivity contribution in [2.24, 2.45) is 5.92 Å². The van der Waals surface area contributed by atoms with Crippen molar-refractivity contribution in [3.8, 4) is 0 Å². The molecule has 1 spiro atoms. The predicted molar refractivity (Wildman–Crippen MR) is 76.0 cm³/mol. The van der Waals surface area contributed by atoms with Crippen LogP contribution in [0.4, 0.5) is 0 Å². The average molecular weight is 265 g/mol. The summed E-state index contributed by atoms with van der Waals surface area (Å²) >= 11 is 1.80. The number of hydrogen-bond acceptors (Lipinski definition) is 3. The average Bonchev–Trinajstić information content (AvgIpc) is 2.82. The van der Waals surface area contributed by atoms with Gasteiger partial charge in [0.15, 0.2) is 0 Å². The van der Waals surface area contributed by atoms with E-state index in [-0.39, 0.29) is 11.6 Å². The molecule has 0 aromatic carbocycles. The number of rotatable bonds is 1. The maximum absolute atomic E-state index is 6.22. The molecule has 1 aliphatic carbocycles. The Balaban J connectivity index is 1.71. The van der Waals surface area contributed by atoms with Crippen LogP contribution in [-0.2, 0) is 4.74 Å². The Hall–Kier alpha value is -0.380. The lowest BCUT2D eigenvalue weighted by Gasteiger charge is -2.48. The SMILES string of the molecule is CC1CCCC2(COC(c3cccs3)C(C)N2)C1. The van der Waals surface area contributed by atoms with E-state index in [1.54, 1.807) is 11.3 Å². The van der Waals surface area contributed by atoms with Crippen molar-refractivity contribution in [2.75, 3.05) is 6.61 Å². The minimum absolute atomic E-state index is 0.243. The van der Waals surface area contributed by atoms with E-state index in [1.807, 2.05) is 0 Å². The first-order valence-corrected chi connectivity index (χ1v) is 7.99. The Labute approximate surface area is 114 Å². The molecule has 4 atom stereocenters. The maximum atomic E-state index is 6.22. The molecule has 1 saturated carbocycles. The smallest absolute Gasteiger partial charge is 0.107 e. The molecule has 1 aromatic rings. The van der Waals surface area contributed by atoms with E-state index in [0.717, 1.165) is 12.5 Å². The topological polar surface area (TPSA) is 21.3 Å². The Morgan fingerprint density at radius 2 is 2.33 bits per heavy atom. The Morgan fingerprint density at radius 3 is 3.00 bits per heavy atom. The molecule has 3 heteroatoms. The van der Waals surface area contributed by atoms with E-state index in [2.05, 4.69) is 36.7 Å². The third kappa shape index (κ3) is 2.36. The molecule has 2 nitrogen and oxygen atoms in total. The molecule has 1 aliphatic heterocycles. The summed E-state index contributed by atoms with van der Waals surface area (Å²) in [5.41, 5.74) is 0.255. The summed E-state index contributed by atoms with van der Waals surface area (Å²) < 4.78 is 6.22. The van der Waals surface area contributed by atoms with Crippen LogP contribution in [0.15, 0.2) is 17.5 Å². The van der Waals surface area contributed by atoms with E-state index in [4.69, 9.17) is 4.74 Å². The zero-order valence-corrected chi connectivity index (χ0v) is 12.1. The van der Waals surface area contributed by atoms with Crippen LogP contribution < -0.4 is 5.32 Å². The van der Waals surface area contributed by atoms with Crippen LogP contribution in [0.1, 0.15) is 50.5 Å². The first-order chi connectivity index (χ1) is 8.69. The fourth-order valence-electron chi connectivity index (χ4n) is 3.70. The van der Waals surface area contributed by atoms with E-state index >= 15 is 0 Å². The number of ether oxygens (including phenoxy) is 1. The molecule has 1 N–H and O–H groups in total. The highest BCUT2D eigenvalue weighted by Gasteiger charge is 2.42. The van der Waals surface area contributed by atoms with Crippen molar-refractivity contribution in [1.29, 1.82) is 0 Å². The minimum Gasteiger partial charge on any atom is -0.369 e. The van der Waals surface area contributed by atoms with Crippen LogP contribution in [0.2, 0.25) is 0 Å². The lowest BCUT2D eigenvalue weighted by atomic mass is 9.75. The van der Waals surface area contributed by atoms with Crippen LogP contribution in [0.5, 0.6) is 0 Å². The normalized spacial score (nSPS) is 41.1. The van der Waals surface area contributed by atoms with Gasteiger partial charge in [0.2, 0.25) is 0 Å². The van der Waals surface area contributed by atoms with Crippen molar-refractivity contribution in [2.45, 2.75) is 57.2 Å². The molecular weight excluding hydrogens is 242 g/mol. The molecule has 3 rings (SSSR count). The largest absolute Gasteiger partial charge is 0.369 e. The standard InChI is InChI=1S/C15H23NOS/c1-11-5-3-7-15(9-11)10-17-14(12(2)16-15)13-6-4-8-18-13/h4,6,8,11-12,14,16H,3,5,7,9-10H2,1-2H3. The molecule has 2 aliphatic rings. The van der Waals surface area contributed by atoms with Gasteiger partial charge in [0.25, 0.3) is 0 Å². The molecule has 0 bridgehead atoms. The van der Waals surface area contributed by atoms with Gasteiger partial charge in [-0.2, -0.15) is 0 Å². The minimum atomic E-state index is 0.243. The number of thiophene rings is 1. The highest BCUT2D eigenvalue weighted by atomic mass is 32.1.